The number of aromatic nitrogens is 1. The van der Waals surface area contributed by atoms with E-state index in [2.05, 4.69) is 10.3 Å². The lowest BCUT2D eigenvalue weighted by Crippen LogP contribution is -2.48. The molecule has 1 aliphatic rings. The Balaban J connectivity index is 1.59. The van der Waals surface area contributed by atoms with Crippen LogP contribution in [0.25, 0.3) is 0 Å². The van der Waals surface area contributed by atoms with E-state index in [1.54, 1.807) is 11.0 Å². The molecule has 0 radical (unpaired) electrons. The first-order valence-electron chi connectivity index (χ1n) is 11.2. The van der Waals surface area contributed by atoms with Crippen molar-refractivity contribution in [1.82, 2.24) is 15.2 Å². The van der Waals surface area contributed by atoms with Crippen molar-refractivity contribution < 1.29 is 18.0 Å². The number of amides is 2. The Kier molecular flexibility index (Phi) is 6.77. The lowest BCUT2D eigenvalue weighted by molar-refractivity contribution is -0.141. The van der Waals surface area contributed by atoms with Gasteiger partial charge in [0.1, 0.15) is 5.69 Å². The largest absolute Gasteiger partial charge is 0.433 e. The highest BCUT2D eigenvalue weighted by molar-refractivity contribution is 5.76. The van der Waals surface area contributed by atoms with Crippen molar-refractivity contribution in [3.05, 3.63) is 95.3 Å². The molecule has 0 fully saturated rings. The molecule has 3 aromatic rings. The molecule has 0 bridgehead atoms. The molecular weight excluding hydrogens is 441 g/mol. The topological polar surface area (TPSA) is 48.5 Å². The quantitative estimate of drug-likeness (QED) is 0.528. The van der Waals surface area contributed by atoms with E-state index in [1.165, 1.54) is 6.07 Å². The van der Waals surface area contributed by atoms with Gasteiger partial charge in [-0.05, 0) is 43.2 Å². The third-order valence-corrected chi connectivity index (χ3v) is 6.08. The van der Waals surface area contributed by atoms with Crippen LogP contribution in [-0.4, -0.2) is 28.5 Å². The zero-order chi connectivity index (χ0) is 24.3. The van der Waals surface area contributed by atoms with Gasteiger partial charge in [-0.1, -0.05) is 54.6 Å². The van der Waals surface area contributed by atoms with Crippen LogP contribution in [-0.2, 0) is 19.3 Å². The van der Waals surface area contributed by atoms with Crippen molar-refractivity contribution in [2.45, 2.75) is 45.2 Å². The van der Waals surface area contributed by atoms with Crippen molar-refractivity contribution >= 4 is 11.7 Å². The fourth-order valence-electron chi connectivity index (χ4n) is 4.48. The fourth-order valence-corrected chi connectivity index (χ4v) is 4.48. The number of halogens is 3. The van der Waals surface area contributed by atoms with Crippen LogP contribution in [0.1, 0.15) is 42.4 Å². The number of alkyl halides is 3. The molecule has 2 amide bonds. The second-order valence-corrected chi connectivity index (χ2v) is 8.53. The van der Waals surface area contributed by atoms with Crippen LogP contribution in [0.15, 0.2) is 72.8 Å². The molecule has 0 saturated heterocycles. The number of pyridine rings is 1. The zero-order valence-electron chi connectivity index (χ0n) is 19.1. The van der Waals surface area contributed by atoms with E-state index in [0.29, 0.717) is 18.8 Å². The van der Waals surface area contributed by atoms with Gasteiger partial charge in [0, 0.05) is 24.8 Å². The summed E-state index contributed by atoms with van der Waals surface area (Å²) in [7, 11) is 0. The monoisotopic (exact) mass is 468 g/mol. The highest BCUT2D eigenvalue weighted by atomic mass is 19.4. The fraction of sp³-hybridized carbons (Fsp3) is 0.308. The molecule has 0 spiro atoms. The minimum Gasteiger partial charge on any atom is -0.363 e. The number of carbonyl (C=O) groups excluding carboxylic acids is 1. The third-order valence-electron chi connectivity index (χ3n) is 6.08. The van der Waals surface area contributed by atoms with Crippen molar-refractivity contribution in [2.75, 3.05) is 11.4 Å². The lowest BCUT2D eigenvalue weighted by Gasteiger charge is -2.33. The number of benzene rings is 2. The first-order valence-corrected chi connectivity index (χ1v) is 11.2. The van der Waals surface area contributed by atoms with Gasteiger partial charge in [0.25, 0.3) is 0 Å². The van der Waals surface area contributed by atoms with E-state index < -0.39 is 11.9 Å². The van der Waals surface area contributed by atoms with E-state index in [9.17, 15) is 18.0 Å². The summed E-state index contributed by atoms with van der Waals surface area (Å²) in [5.41, 5.74) is 2.25. The number of nitrogens with one attached hydrogen (secondary N) is 1. The standard InChI is InChI=1S/C26H27F3N4O/c1-18-16-32(17-21-11-8-14-24(31-21)26(27,28)29)23-13-7-6-12-22(23)19(2)33(18)25(34)30-15-20-9-4-3-5-10-20/h3-14,18-19H,15-17H2,1-2H3,(H,30,34)/t18-,19+/m1/s1. The van der Waals surface area contributed by atoms with Crippen LogP contribution < -0.4 is 10.2 Å². The maximum absolute atomic E-state index is 13.2. The molecule has 178 valence electrons. The highest BCUT2D eigenvalue weighted by Gasteiger charge is 2.35. The summed E-state index contributed by atoms with van der Waals surface area (Å²) in [6, 6.07) is 20.7. The SMILES string of the molecule is C[C@@H]1CN(Cc2cccc(C(F)(F)F)n2)c2ccccc2[C@H](C)N1C(=O)NCc1ccccc1. The molecule has 5 nitrogen and oxygen atoms in total. The molecule has 2 aromatic carbocycles. The predicted molar refractivity (Wildman–Crippen MR) is 125 cm³/mol. The molecule has 0 aliphatic carbocycles. The molecule has 1 aliphatic heterocycles. The number of nitrogens with zero attached hydrogens (tertiary/aromatic N) is 3. The first kappa shape index (κ1) is 23.6. The summed E-state index contributed by atoms with van der Waals surface area (Å²) in [6.45, 7) is 5.01. The first-order chi connectivity index (χ1) is 16.2. The molecule has 1 N–H and O–H groups in total. The number of urea groups is 1. The summed E-state index contributed by atoms with van der Waals surface area (Å²) in [5.74, 6) is 0. The van der Waals surface area contributed by atoms with Gasteiger partial charge in [0.05, 0.1) is 18.3 Å². The average molecular weight is 469 g/mol. The van der Waals surface area contributed by atoms with Gasteiger partial charge >= 0.3 is 12.2 Å². The number of rotatable bonds is 4. The smallest absolute Gasteiger partial charge is 0.363 e. The highest BCUT2D eigenvalue weighted by Crippen LogP contribution is 2.36. The Morgan fingerprint density at radius 2 is 1.71 bits per heavy atom. The van der Waals surface area contributed by atoms with E-state index in [0.717, 1.165) is 22.9 Å². The van der Waals surface area contributed by atoms with Gasteiger partial charge in [-0.3, -0.25) is 0 Å². The van der Waals surface area contributed by atoms with Gasteiger partial charge in [0.2, 0.25) is 0 Å². The van der Waals surface area contributed by atoms with E-state index in [4.69, 9.17) is 0 Å². The van der Waals surface area contributed by atoms with Gasteiger partial charge in [-0.2, -0.15) is 13.2 Å². The Morgan fingerprint density at radius 3 is 2.44 bits per heavy atom. The van der Waals surface area contributed by atoms with Crippen LogP contribution in [0.4, 0.5) is 23.7 Å². The second-order valence-electron chi connectivity index (χ2n) is 8.53. The van der Waals surface area contributed by atoms with Gasteiger partial charge < -0.3 is 15.1 Å². The number of carbonyl (C=O) groups is 1. The van der Waals surface area contributed by atoms with Crippen molar-refractivity contribution in [2.24, 2.45) is 0 Å². The number of hydrogen-bond acceptors (Lipinski definition) is 3. The number of hydrogen-bond donors (Lipinski definition) is 1. The minimum absolute atomic E-state index is 0.183. The average Bonchev–Trinajstić information content (AvgIpc) is 2.92. The molecule has 1 aromatic heterocycles. The third kappa shape index (κ3) is 5.16. The molecule has 4 rings (SSSR count). The van der Waals surface area contributed by atoms with Gasteiger partial charge in [-0.15, -0.1) is 0 Å². The second kappa shape index (κ2) is 9.75. The van der Waals surface area contributed by atoms with Crippen molar-refractivity contribution in [3.63, 3.8) is 0 Å². The summed E-state index contributed by atoms with van der Waals surface area (Å²) in [4.78, 5) is 20.9. The summed E-state index contributed by atoms with van der Waals surface area (Å²) >= 11 is 0. The molecular formula is C26H27F3N4O. The van der Waals surface area contributed by atoms with E-state index in [-0.39, 0.29) is 24.7 Å². The van der Waals surface area contributed by atoms with Crippen LogP contribution >= 0.6 is 0 Å². The van der Waals surface area contributed by atoms with Crippen molar-refractivity contribution in [3.8, 4) is 0 Å². The number of anilines is 1. The molecule has 2 heterocycles. The van der Waals surface area contributed by atoms with Gasteiger partial charge in [0.15, 0.2) is 0 Å². The van der Waals surface area contributed by atoms with Gasteiger partial charge in [-0.25, -0.2) is 9.78 Å². The summed E-state index contributed by atoms with van der Waals surface area (Å²) < 4.78 is 39.5. The van der Waals surface area contributed by atoms with E-state index >= 15 is 0 Å². The molecule has 0 unspecified atom stereocenters. The van der Waals surface area contributed by atoms with Crippen LogP contribution in [0.5, 0.6) is 0 Å². The van der Waals surface area contributed by atoms with Crippen LogP contribution in [0.3, 0.4) is 0 Å². The minimum atomic E-state index is -4.50. The van der Waals surface area contributed by atoms with Crippen LogP contribution in [0, 0.1) is 0 Å². The Hall–Kier alpha value is -3.55. The Bertz CT molecular complexity index is 1140. The summed E-state index contributed by atoms with van der Waals surface area (Å²) in [6.07, 6.45) is -4.50. The normalized spacial score (nSPS) is 18.3. The maximum atomic E-state index is 13.2. The molecule has 2 atom stereocenters. The molecule has 34 heavy (non-hydrogen) atoms. The lowest BCUT2D eigenvalue weighted by atomic mass is 10.0. The maximum Gasteiger partial charge on any atom is 0.433 e. The van der Waals surface area contributed by atoms with Crippen molar-refractivity contribution in [1.29, 1.82) is 0 Å². The zero-order valence-corrected chi connectivity index (χ0v) is 19.1. The predicted octanol–water partition coefficient (Wildman–Crippen LogP) is 5.78. The molecule has 0 saturated carbocycles. The Morgan fingerprint density at radius 1 is 1.00 bits per heavy atom. The van der Waals surface area contributed by atoms with E-state index in [1.807, 2.05) is 73.3 Å². The number of fused-ring (bicyclic) bond motifs is 1. The van der Waals surface area contributed by atoms with Crippen LogP contribution in [0.2, 0.25) is 0 Å². The number of para-hydroxylation sites is 1. The summed E-state index contributed by atoms with van der Waals surface area (Å²) in [5, 5.41) is 3.01. The molecule has 8 heteroatoms. The Labute approximate surface area is 197 Å².